The normalized spacial score (nSPS) is 11.7. The van der Waals surface area contributed by atoms with Crippen LogP contribution in [0, 0.1) is 5.82 Å². The molecule has 0 amide bonds. The summed E-state index contributed by atoms with van der Waals surface area (Å²) in [6.45, 7) is 3.11. The van der Waals surface area contributed by atoms with Crippen LogP contribution < -0.4 is 5.30 Å². The molecule has 0 saturated heterocycles. The first-order chi connectivity index (χ1) is 5.41. The molecule has 4 heteroatoms. The Bertz CT molecular complexity index is 345. The van der Waals surface area contributed by atoms with Crippen LogP contribution in [0.15, 0.2) is 22.7 Å². The molecule has 0 aliphatic carbocycles. The minimum absolute atomic E-state index is 0.311. The van der Waals surface area contributed by atoms with Crippen LogP contribution in [0.4, 0.5) is 4.39 Å². The fourth-order valence-electron chi connectivity index (χ4n) is 0.918. The highest BCUT2D eigenvalue weighted by atomic mass is 79.9. The van der Waals surface area contributed by atoms with Crippen LogP contribution in [0.1, 0.15) is 0 Å². The number of hydrogen-bond donors (Lipinski definition) is 0. The van der Waals surface area contributed by atoms with Crippen molar-refractivity contribution in [1.29, 1.82) is 0 Å². The molecule has 0 heterocycles. The van der Waals surface area contributed by atoms with Gasteiger partial charge in [0.1, 0.15) is 13.0 Å². The number of rotatable bonds is 1. The van der Waals surface area contributed by atoms with Crippen LogP contribution in [-0.2, 0) is 4.57 Å². The van der Waals surface area contributed by atoms with Gasteiger partial charge in [0, 0.05) is 9.78 Å². The van der Waals surface area contributed by atoms with Crippen molar-refractivity contribution >= 4 is 28.4 Å². The number of benzene rings is 1. The van der Waals surface area contributed by atoms with Gasteiger partial charge in [0.05, 0.1) is 0 Å². The van der Waals surface area contributed by atoms with Gasteiger partial charge < -0.3 is 4.57 Å². The Labute approximate surface area is 79.5 Å². The van der Waals surface area contributed by atoms with Crippen LogP contribution in [0.25, 0.3) is 0 Å². The molecule has 1 aromatic rings. The van der Waals surface area contributed by atoms with Crippen LogP contribution in [0.2, 0.25) is 0 Å². The Balaban J connectivity index is 3.28. The quantitative estimate of drug-likeness (QED) is 0.701. The van der Waals surface area contributed by atoms with Gasteiger partial charge in [-0.25, -0.2) is 4.39 Å². The number of hydrogen-bond acceptors (Lipinski definition) is 1. The van der Waals surface area contributed by atoms with Gasteiger partial charge in [0.2, 0.25) is 0 Å². The summed E-state index contributed by atoms with van der Waals surface area (Å²) >= 11 is 3.13. The molecular formula is C8H9BrFOP. The van der Waals surface area contributed by atoms with Gasteiger partial charge in [0.15, 0.2) is 0 Å². The highest BCUT2D eigenvalue weighted by molar-refractivity contribution is 9.10. The fraction of sp³-hybridized carbons (Fsp3) is 0.250. The van der Waals surface area contributed by atoms with E-state index in [1.807, 2.05) is 0 Å². The van der Waals surface area contributed by atoms with Crippen LogP contribution >= 0.6 is 23.1 Å². The molecule has 1 aromatic carbocycles. The van der Waals surface area contributed by atoms with Gasteiger partial charge >= 0.3 is 0 Å². The molecule has 0 atom stereocenters. The third kappa shape index (κ3) is 2.18. The molecule has 12 heavy (non-hydrogen) atoms. The largest absolute Gasteiger partial charge is 0.319 e. The average molecular weight is 251 g/mol. The molecule has 0 aliphatic heterocycles. The summed E-state index contributed by atoms with van der Waals surface area (Å²) in [7, 11) is -2.47. The SMILES string of the molecule is CP(C)(=O)c1ccc(Br)cc1F. The van der Waals surface area contributed by atoms with E-state index in [9.17, 15) is 8.96 Å². The van der Waals surface area contributed by atoms with E-state index in [0.29, 0.717) is 9.78 Å². The van der Waals surface area contributed by atoms with Gasteiger partial charge in [-0.1, -0.05) is 15.9 Å². The molecule has 0 unspecified atom stereocenters. The molecule has 1 rings (SSSR count). The maximum absolute atomic E-state index is 13.1. The lowest BCUT2D eigenvalue weighted by molar-refractivity contribution is 0.584. The first-order valence-corrected chi connectivity index (χ1v) is 6.81. The second kappa shape index (κ2) is 3.31. The Morgan fingerprint density at radius 1 is 1.42 bits per heavy atom. The van der Waals surface area contributed by atoms with Gasteiger partial charge in [-0.2, -0.15) is 0 Å². The van der Waals surface area contributed by atoms with Gasteiger partial charge in [-0.3, -0.25) is 0 Å². The smallest absolute Gasteiger partial charge is 0.135 e. The molecule has 0 N–H and O–H groups in total. The molecule has 0 aliphatic rings. The Kier molecular flexibility index (Phi) is 2.74. The molecular weight excluding hydrogens is 242 g/mol. The van der Waals surface area contributed by atoms with E-state index in [2.05, 4.69) is 15.9 Å². The molecule has 0 radical (unpaired) electrons. The average Bonchev–Trinajstić information content (AvgIpc) is 1.83. The molecule has 66 valence electrons. The van der Waals surface area contributed by atoms with Gasteiger partial charge in [-0.05, 0) is 31.5 Å². The van der Waals surface area contributed by atoms with Crippen molar-refractivity contribution in [2.45, 2.75) is 0 Å². The molecule has 1 nitrogen and oxygen atoms in total. The van der Waals surface area contributed by atoms with E-state index in [-0.39, 0.29) is 0 Å². The van der Waals surface area contributed by atoms with E-state index < -0.39 is 13.0 Å². The molecule has 0 bridgehead atoms. The lowest BCUT2D eigenvalue weighted by atomic mass is 10.3. The highest BCUT2D eigenvalue weighted by Crippen LogP contribution is 2.35. The molecule has 0 fully saturated rings. The Hall–Kier alpha value is -0.140. The van der Waals surface area contributed by atoms with Crippen molar-refractivity contribution in [1.82, 2.24) is 0 Å². The van der Waals surface area contributed by atoms with Crippen molar-refractivity contribution in [3.63, 3.8) is 0 Å². The van der Waals surface area contributed by atoms with Crippen molar-refractivity contribution in [2.24, 2.45) is 0 Å². The van der Waals surface area contributed by atoms with E-state index in [0.717, 1.165) is 0 Å². The first-order valence-electron chi connectivity index (χ1n) is 3.42. The summed E-state index contributed by atoms with van der Waals surface area (Å²) in [5.74, 6) is -0.405. The van der Waals surface area contributed by atoms with Crippen LogP contribution in [0.5, 0.6) is 0 Å². The fourth-order valence-corrected chi connectivity index (χ4v) is 2.26. The predicted octanol–water partition coefficient (Wildman–Crippen LogP) is 2.84. The zero-order valence-electron chi connectivity index (χ0n) is 6.84. The van der Waals surface area contributed by atoms with Gasteiger partial charge in [-0.15, -0.1) is 0 Å². The van der Waals surface area contributed by atoms with E-state index in [4.69, 9.17) is 0 Å². The maximum atomic E-state index is 13.1. The molecule has 0 spiro atoms. The predicted molar refractivity (Wildman–Crippen MR) is 53.2 cm³/mol. The van der Waals surface area contributed by atoms with E-state index in [1.165, 1.54) is 6.07 Å². The van der Waals surface area contributed by atoms with Gasteiger partial charge in [0.25, 0.3) is 0 Å². The second-order valence-corrected chi connectivity index (χ2v) is 7.05. The topological polar surface area (TPSA) is 17.1 Å². The Morgan fingerprint density at radius 3 is 2.42 bits per heavy atom. The Morgan fingerprint density at radius 2 is 2.00 bits per heavy atom. The summed E-state index contributed by atoms with van der Waals surface area (Å²) < 4.78 is 25.3. The standard InChI is InChI=1S/C8H9BrFOP/c1-12(2,11)8-4-3-6(9)5-7(8)10/h3-5H,1-2H3. The summed E-state index contributed by atoms with van der Waals surface area (Å²) in [6.07, 6.45) is 0. The zero-order valence-corrected chi connectivity index (χ0v) is 9.32. The third-order valence-corrected chi connectivity index (χ3v) is 3.51. The minimum Gasteiger partial charge on any atom is -0.319 e. The molecule has 0 saturated carbocycles. The second-order valence-electron chi connectivity index (χ2n) is 2.95. The van der Waals surface area contributed by atoms with E-state index in [1.54, 1.807) is 25.5 Å². The van der Waals surface area contributed by atoms with Crippen molar-refractivity contribution in [3.05, 3.63) is 28.5 Å². The zero-order chi connectivity index (χ0) is 9.35. The van der Waals surface area contributed by atoms with Crippen molar-refractivity contribution in [3.8, 4) is 0 Å². The summed E-state index contributed by atoms with van der Waals surface area (Å²) in [5.41, 5.74) is 0. The summed E-state index contributed by atoms with van der Waals surface area (Å²) in [5, 5.41) is 0.311. The van der Waals surface area contributed by atoms with Crippen molar-refractivity contribution in [2.75, 3.05) is 13.3 Å². The maximum Gasteiger partial charge on any atom is 0.135 e. The van der Waals surface area contributed by atoms with E-state index >= 15 is 0 Å². The minimum atomic E-state index is -2.47. The monoisotopic (exact) mass is 250 g/mol. The number of halogens is 2. The van der Waals surface area contributed by atoms with Crippen LogP contribution in [0.3, 0.4) is 0 Å². The van der Waals surface area contributed by atoms with Crippen molar-refractivity contribution < 1.29 is 8.96 Å². The summed E-state index contributed by atoms with van der Waals surface area (Å²) in [4.78, 5) is 0. The molecule has 0 aromatic heterocycles. The lowest BCUT2D eigenvalue weighted by Gasteiger charge is -2.07. The first kappa shape index (κ1) is 9.94. The highest BCUT2D eigenvalue weighted by Gasteiger charge is 2.15. The summed E-state index contributed by atoms with van der Waals surface area (Å²) in [6, 6.07) is 4.58. The van der Waals surface area contributed by atoms with Crippen LogP contribution in [-0.4, -0.2) is 13.3 Å². The lowest BCUT2D eigenvalue weighted by Crippen LogP contribution is -2.07. The third-order valence-electron chi connectivity index (χ3n) is 1.49.